The van der Waals surface area contributed by atoms with Crippen LogP contribution in [0.1, 0.15) is 23.3 Å². The van der Waals surface area contributed by atoms with E-state index in [4.69, 9.17) is 10.5 Å². The SMILES string of the molecule is CNC(=O)c1cc(OC2=CC=C(N)CC2)ccn1. The normalized spacial score (nSPS) is 14.5. The molecular weight excluding hydrogens is 230 g/mol. The Bertz CT molecular complexity index is 521. The Hall–Kier alpha value is -2.30. The molecule has 1 heterocycles. The molecule has 5 heteroatoms. The van der Waals surface area contributed by atoms with Crippen LogP contribution in [0.2, 0.25) is 0 Å². The van der Waals surface area contributed by atoms with Crippen LogP contribution in [0.15, 0.2) is 41.9 Å². The van der Waals surface area contributed by atoms with E-state index in [9.17, 15) is 4.79 Å². The molecule has 2 rings (SSSR count). The number of carbonyl (C=O) groups is 1. The van der Waals surface area contributed by atoms with Crippen LogP contribution in [-0.2, 0) is 0 Å². The molecule has 0 aliphatic heterocycles. The van der Waals surface area contributed by atoms with Crippen LogP contribution in [0.25, 0.3) is 0 Å². The summed E-state index contributed by atoms with van der Waals surface area (Å²) in [6.45, 7) is 0. The molecule has 1 aromatic heterocycles. The van der Waals surface area contributed by atoms with Crippen LogP contribution < -0.4 is 15.8 Å². The molecule has 1 amide bonds. The lowest BCUT2D eigenvalue weighted by molar-refractivity contribution is 0.0958. The number of ether oxygens (including phenoxy) is 1. The third kappa shape index (κ3) is 2.88. The second-order valence-electron chi connectivity index (χ2n) is 3.93. The van der Waals surface area contributed by atoms with Crippen molar-refractivity contribution in [1.29, 1.82) is 0 Å². The summed E-state index contributed by atoms with van der Waals surface area (Å²) in [7, 11) is 1.56. The summed E-state index contributed by atoms with van der Waals surface area (Å²) in [6.07, 6.45) is 6.78. The highest BCUT2D eigenvalue weighted by Gasteiger charge is 2.09. The number of hydrogen-bond donors (Lipinski definition) is 2. The van der Waals surface area contributed by atoms with Gasteiger partial charge in [-0.25, -0.2) is 0 Å². The van der Waals surface area contributed by atoms with Gasteiger partial charge in [0.05, 0.1) is 0 Å². The minimum Gasteiger partial charge on any atom is -0.462 e. The van der Waals surface area contributed by atoms with E-state index >= 15 is 0 Å². The van der Waals surface area contributed by atoms with Crippen molar-refractivity contribution < 1.29 is 9.53 Å². The number of carbonyl (C=O) groups excluding carboxylic acids is 1. The van der Waals surface area contributed by atoms with E-state index in [1.165, 1.54) is 0 Å². The molecule has 0 spiro atoms. The number of nitrogens with zero attached hydrogens (tertiary/aromatic N) is 1. The van der Waals surface area contributed by atoms with Crippen LogP contribution in [0.5, 0.6) is 5.75 Å². The zero-order chi connectivity index (χ0) is 13.0. The zero-order valence-corrected chi connectivity index (χ0v) is 10.1. The minimum atomic E-state index is -0.234. The lowest BCUT2D eigenvalue weighted by Crippen LogP contribution is -2.19. The van der Waals surface area contributed by atoms with Gasteiger partial charge in [-0.1, -0.05) is 0 Å². The Morgan fingerprint density at radius 1 is 1.44 bits per heavy atom. The van der Waals surface area contributed by atoms with Crippen LogP contribution in [0, 0.1) is 0 Å². The largest absolute Gasteiger partial charge is 0.462 e. The van der Waals surface area contributed by atoms with Gasteiger partial charge in [0.15, 0.2) is 0 Å². The molecule has 1 aromatic rings. The van der Waals surface area contributed by atoms with Crippen molar-refractivity contribution in [2.45, 2.75) is 12.8 Å². The summed E-state index contributed by atoms with van der Waals surface area (Å²) in [4.78, 5) is 15.4. The van der Waals surface area contributed by atoms with E-state index in [0.717, 1.165) is 24.3 Å². The monoisotopic (exact) mass is 245 g/mol. The number of hydrogen-bond acceptors (Lipinski definition) is 4. The number of nitrogens with one attached hydrogen (secondary N) is 1. The first-order valence-corrected chi connectivity index (χ1v) is 5.70. The van der Waals surface area contributed by atoms with E-state index in [-0.39, 0.29) is 5.91 Å². The molecular formula is C13H15N3O2. The molecule has 94 valence electrons. The molecule has 1 aliphatic carbocycles. The highest BCUT2D eigenvalue weighted by atomic mass is 16.5. The number of allylic oxidation sites excluding steroid dienone is 4. The van der Waals surface area contributed by atoms with Crippen LogP contribution in [0.4, 0.5) is 0 Å². The smallest absolute Gasteiger partial charge is 0.269 e. The summed E-state index contributed by atoms with van der Waals surface area (Å²) in [5.74, 6) is 1.20. The van der Waals surface area contributed by atoms with Crippen molar-refractivity contribution in [3.8, 4) is 5.75 Å². The zero-order valence-electron chi connectivity index (χ0n) is 10.1. The maximum Gasteiger partial charge on any atom is 0.269 e. The van der Waals surface area contributed by atoms with Crippen molar-refractivity contribution >= 4 is 5.91 Å². The van der Waals surface area contributed by atoms with Gasteiger partial charge in [-0.05, 0) is 24.6 Å². The first-order chi connectivity index (χ1) is 8.69. The average molecular weight is 245 g/mol. The van der Waals surface area contributed by atoms with Gasteiger partial charge in [-0.15, -0.1) is 0 Å². The van der Waals surface area contributed by atoms with Gasteiger partial charge in [-0.3, -0.25) is 9.78 Å². The fourth-order valence-electron chi connectivity index (χ4n) is 1.60. The van der Waals surface area contributed by atoms with Crippen LogP contribution >= 0.6 is 0 Å². The van der Waals surface area contributed by atoms with Crippen molar-refractivity contribution in [1.82, 2.24) is 10.3 Å². The van der Waals surface area contributed by atoms with Gasteiger partial charge < -0.3 is 15.8 Å². The first kappa shape index (κ1) is 12.2. The second-order valence-corrected chi connectivity index (χ2v) is 3.93. The summed E-state index contributed by atoms with van der Waals surface area (Å²) >= 11 is 0. The quantitative estimate of drug-likeness (QED) is 0.842. The Kier molecular flexibility index (Phi) is 3.62. The number of amides is 1. The number of pyridine rings is 1. The van der Waals surface area contributed by atoms with Crippen molar-refractivity contribution in [2.24, 2.45) is 5.73 Å². The summed E-state index contributed by atoms with van der Waals surface area (Å²) < 4.78 is 5.68. The van der Waals surface area contributed by atoms with Gasteiger partial charge in [0, 0.05) is 31.4 Å². The summed E-state index contributed by atoms with van der Waals surface area (Å²) in [5, 5.41) is 2.52. The Labute approximate surface area is 105 Å². The van der Waals surface area contributed by atoms with Gasteiger partial charge in [0.2, 0.25) is 0 Å². The predicted molar refractivity (Wildman–Crippen MR) is 67.8 cm³/mol. The van der Waals surface area contributed by atoms with Gasteiger partial charge in [0.25, 0.3) is 5.91 Å². The highest BCUT2D eigenvalue weighted by molar-refractivity contribution is 5.92. The average Bonchev–Trinajstić information content (AvgIpc) is 2.41. The fraction of sp³-hybridized carbons (Fsp3) is 0.231. The predicted octanol–water partition coefficient (Wildman–Crippen LogP) is 1.34. The molecule has 0 bridgehead atoms. The minimum absolute atomic E-state index is 0.234. The Morgan fingerprint density at radius 3 is 2.94 bits per heavy atom. The molecule has 1 aliphatic rings. The highest BCUT2D eigenvalue weighted by Crippen LogP contribution is 2.20. The molecule has 3 N–H and O–H groups in total. The molecule has 0 aromatic carbocycles. The Balaban J connectivity index is 2.13. The number of aromatic nitrogens is 1. The van der Waals surface area contributed by atoms with Crippen LogP contribution in [0.3, 0.4) is 0 Å². The molecule has 0 saturated carbocycles. The molecule has 18 heavy (non-hydrogen) atoms. The number of nitrogens with two attached hydrogens (primary N) is 1. The first-order valence-electron chi connectivity index (χ1n) is 5.70. The third-order valence-corrected chi connectivity index (χ3v) is 2.58. The topological polar surface area (TPSA) is 77.2 Å². The van der Waals surface area contributed by atoms with E-state index in [0.29, 0.717) is 11.4 Å². The number of rotatable bonds is 3. The third-order valence-electron chi connectivity index (χ3n) is 2.58. The lowest BCUT2D eigenvalue weighted by atomic mass is 10.1. The summed E-state index contributed by atoms with van der Waals surface area (Å²) in [6, 6.07) is 3.33. The van der Waals surface area contributed by atoms with Gasteiger partial charge in [-0.2, -0.15) is 0 Å². The maximum absolute atomic E-state index is 11.4. The summed E-state index contributed by atoms with van der Waals surface area (Å²) in [5.41, 5.74) is 6.86. The van der Waals surface area contributed by atoms with E-state index in [2.05, 4.69) is 10.3 Å². The molecule has 0 radical (unpaired) electrons. The molecule has 0 fully saturated rings. The van der Waals surface area contributed by atoms with E-state index < -0.39 is 0 Å². The standard InChI is InChI=1S/C13H15N3O2/c1-15-13(17)12-8-11(6-7-16-12)18-10-4-2-9(14)3-5-10/h2,4,6-8H,3,5,14H2,1H3,(H,15,17). The van der Waals surface area contributed by atoms with Crippen molar-refractivity contribution in [2.75, 3.05) is 7.05 Å². The van der Waals surface area contributed by atoms with Crippen LogP contribution in [-0.4, -0.2) is 17.9 Å². The van der Waals surface area contributed by atoms with E-state index in [1.54, 1.807) is 25.4 Å². The lowest BCUT2D eigenvalue weighted by Gasteiger charge is -2.13. The maximum atomic E-state index is 11.4. The second kappa shape index (κ2) is 5.35. The van der Waals surface area contributed by atoms with Crippen molar-refractivity contribution in [3.63, 3.8) is 0 Å². The van der Waals surface area contributed by atoms with Gasteiger partial charge >= 0.3 is 0 Å². The molecule has 0 atom stereocenters. The van der Waals surface area contributed by atoms with Gasteiger partial charge in [0.1, 0.15) is 17.2 Å². The molecule has 5 nitrogen and oxygen atoms in total. The van der Waals surface area contributed by atoms with Crippen molar-refractivity contribution in [3.05, 3.63) is 47.6 Å². The Morgan fingerprint density at radius 2 is 2.28 bits per heavy atom. The fourth-order valence-corrected chi connectivity index (χ4v) is 1.60. The molecule has 0 saturated heterocycles. The van der Waals surface area contributed by atoms with E-state index in [1.807, 2.05) is 12.2 Å². The molecule has 0 unspecified atom stereocenters.